The number of nitrogens with zero attached hydrogens (tertiary/aromatic N) is 2. The van der Waals surface area contributed by atoms with Gasteiger partial charge in [-0.2, -0.15) is 0 Å². The van der Waals surface area contributed by atoms with E-state index >= 15 is 0 Å². The Balaban J connectivity index is 1.19. The number of fused-ring (bicyclic) bond motifs is 2. The number of likely N-dealkylation sites (tertiary alicyclic amines) is 1. The molecular weight excluding hydrogens is 500 g/mol. The van der Waals surface area contributed by atoms with Gasteiger partial charge in [-0.1, -0.05) is 12.1 Å². The van der Waals surface area contributed by atoms with Crippen molar-refractivity contribution in [3.63, 3.8) is 0 Å². The molecule has 5 rings (SSSR count). The molecule has 0 saturated carbocycles. The van der Waals surface area contributed by atoms with Crippen molar-refractivity contribution >= 4 is 46.1 Å². The lowest BCUT2D eigenvalue weighted by molar-refractivity contribution is -0.131. The molecule has 10 heteroatoms. The highest BCUT2D eigenvalue weighted by atomic mass is 16.5. The molecule has 0 radical (unpaired) electrons. The Morgan fingerprint density at radius 2 is 2.03 bits per heavy atom. The maximum atomic E-state index is 13.2. The van der Waals surface area contributed by atoms with Gasteiger partial charge in [0, 0.05) is 30.0 Å². The summed E-state index contributed by atoms with van der Waals surface area (Å²) in [4.78, 5) is 42.6. The van der Waals surface area contributed by atoms with E-state index in [1.807, 2.05) is 18.2 Å². The van der Waals surface area contributed by atoms with Gasteiger partial charge in [-0.25, -0.2) is 9.78 Å². The minimum atomic E-state index is -1.04. The van der Waals surface area contributed by atoms with Crippen LogP contribution in [-0.2, 0) is 20.8 Å². The molecule has 0 bridgehead atoms. The van der Waals surface area contributed by atoms with Crippen LogP contribution in [0.25, 0.3) is 17.0 Å². The van der Waals surface area contributed by atoms with Gasteiger partial charge in [0.15, 0.2) is 6.61 Å². The fraction of sp³-hybridized carbons (Fsp3) is 0.310. The van der Waals surface area contributed by atoms with Crippen LogP contribution in [0.2, 0.25) is 0 Å². The van der Waals surface area contributed by atoms with Crippen molar-refractivity contribution in [3.05, 3.63) is 59.7 Å². The van der Waals surface area contributed by atoms with Gasteiger partial charge in [0.25, 0.3) is 5.91 Å². The lowest BCUT2D eigenvalue weighted by atomic mass is 9.95. The first-order valence-corrected chi connectivity index (χ1v) is 12.9. The highest BCUT2D eigenvalue weighted by molar-refractivity contribution is 6.04. The van der Waals surface area contributed by atoms with Crippen LogP contribution in [0.15, 0.2) is 48.5 Å². The number of aliphatic carboxylic acids is 1. The van der Waals surface area contributed by atoms with Crippen LogP contribution in [0, 0.1) is 5.92 Å². The summed E-state index contributed by atoms with van der Waals surface area (Å²) in [6, 6.07) is 12.9. The number of ether oxygens (including phenoxy) is 2. The number of amides is 2. The maximum absolute atomic E-state index is 13.2. The van der Waals surface area contributed by atoms with Gasteiger partial charge in [-0.15, -0.1) is 0 Å². The zero-order valence-corrected chi connectivity index (χ0v) is 21.6. The second kappa shape index (κ2) is 11.5. The standard InChI is InChI=1S/C29H30N4O6/c1-38-26-8-5-21-19(4-9-27(35)36)3-6-22(28(21)32-26)31-29(37)20-11-14-33(15-12-20)13-10-18-2-7-24-23(16-18)30-25(34)17-39-24/h2-9,16,20H,10-15,17H2,1H3,(H,30,34)(H,31,37)(H,35,36)/b9-4+. The van der Waals surface area contributed by atoms with E-state index in [1.165, 1.54) is 13.2 Å². The third-order valence-corrected chi connectivity index (χ3v) is 7.09. The first-order valence-electron chi connectivity index (χ1n) is 12.9. The lowest BCUT2D eigenvalue weighted by Crippen LogP contribution is -2.39. The molecule has 0 atom stereocenters. The van der Waals surface area contributed by atoms with E-state index in [0.29, 0.717) is 39.5 Å². The molecule has 10 nitrogen and oxygen atoms in total. The molecule has 39 heavy (non-hydrogen) atoms. The Kier molecular flexibility index (Phi) is 7.74. The predicted octanol–water partition coefficient (Wildman–Crippen LogP) is 3.57. The number of hydrogen-bond acceptors (Lipinski definition) is 7. The Labute approximate surface area is 225 Å². The first-order chi connectivity index (χ1) is 18.9. The van der Waals surface area contributed by atoms with Crippen molar-refractivity contribution in [2.45, 2.75) is 19.3 Å². The zero-order chi connectivity index (χ0) is 27.4. The Hall–Kier alpha value is -4.44. The van der Waals surface area contributed by atoms with E-state index in [9.17, 15) is 14.4 Å². The van der Waals surface area contributed by atoms with Gasteiger partial charge >= 0.3 is 5.97 Å². The number of aromatic nitrogens is 1. The van der Waals surface area contributed by atoms with Gasteiger partial charge in [0.1, 0.15) is 5.75 Å². The molecule has 2 aliphatic heterocycles. The van der Waals surface area contributed by atoms with Crippen LogP contribution in [0.3, 0.4) is 0 Å². The maximum Gasteiger partial charge on any atom is 0.328 e. The fourth-order valence-corrected chi connectivity index (χ4v) is 4.97. The molecule has 1 aromatic heterocycles. The van der Waals surface area contributed by atoms with Crippen molar-refractivity contribution in [2.24, 2.45) is 5.92 Å². The average molecular weight is 531 g/mol. The number of hydrogen-bond donors (Lipinski definition) is 3. The number of rotatable bonds is 8. The third kappa shape index (κ3) is 6.18. The summed E-state index contributed by atoms with van der Waals surface area (Å²) in [7, 11) is 1.52. The van der Waals surface area contributed by atoms with E-state index in [2.05, 4.69) is 20.5 Å². The van der Waals surface area contributed by atoms with E-state index < -0.39 is 5.97 Å². The molecular formula is C29H30N4O6. The van der Waals surface area contributed by atoms with Gasteiger partial charge in [-0.05, 0) is 73.8 Å². The molecule has 202 valence electrons. The normalized spacial score (nSPS) is 16.0. The second-order valence-corrected chi connectivity index (χ2v) is 9.65. The van der Waals surface area contributed by atoms with Crippen LogP contribution in [-0.4, -0.2) is 66.1 Å². The summed E-state index contributed by atoms with van der Waals surface area (Å²) >= 11 is 0. The number of nitrogens with one attached hydrogen (secondary N) is 2. The van der Waals surface area contributed by atoms with E-state index in [0.717, 1.165) is 50.5 Å². The molecule has 3 aromatic rings. The van der Waals surface area contributed by atoms with Crippen molar-refractivity contribution < 1.29 is 29.0 Å². The van der Waals surface area contributed by atoms with Crippen LogP contribution in [0.4, 0.5) is 11.4 Å². The van der Waals surface area contributed by atoms with E-state index in [4.69, 9.17) is 14.6 Å². The molecule has 3 N–H and O–H groups in total. The molecule has 2 aromatic carbocycles. The Bertz CT molecular complexity index is 1450. The molecule has 0 aliphatic carbocycles. The number of carboxylic acid groups (broad SMARTS) is 1. The zero-order valence-electron chi connectivity index (χ0n) is 21.6. The van der Waals surface area contributed by atoms with Crippen LogP contribution < -0.4 is 20.1 Å². The highest BCUT2D eigenvalue weighted by Crippen LogP contribution is 2.31. The van der Waals surface area contributed by atoms with Gasteiger partial charge < -0.3 is 30.1 Å². The smallest absolute Gasteiger partial charge is 0.328 e. The number of benzene rings is 2. The molecule has 3 heterocycles. The number of piperidine rings is 1. The molecule has 1 saturated heterocycles. The average Bonchev–Trinajstić information content (AvgIpc) is 2.95. The highest BCUT2D eigenvalue weighted by Gasteiger charge is 2.26. The molecule has 1 fully saturated rings. The van der Waals surface area contributed by atoms with Crippen LogP contribution in [0.5, 0.6) is 11.6 Å². The lowest BCUT2D eigenvalue weighted by Gasteiger charge is -2.31. The van der Waals surface area contributed by atoms with Crippen molar-refractivity contribution in [1.82, 2.24) is 9.88 Å². The summed E-state index contributed by atoms with van der Waals surface area (Å²) in [6.07, 6.45) is 4.90. The third-order valence-electron chi connectivity index (χ3n) is 7.09. The number of anilines is 2. The van der Waals surface area contributed by atoms with Gasteiger partial charge in [0.05, 0.1) is 24.0 Å². The number of carbonyl (C=O) groups is 3. The van der Waals surface area contributed by atoms with Gasteiger partial charge in [-0.3, -0.25) is 9.59 Å². The number of methoxy groups -OCH3 is 1. The van der Waals surface area contributed by atoms with Crippen molar-refractivity contribution in [1.29, 1.82) is 0 Å². The summed E-state index contributed by atoms with van der Waals surface area (Å²) in [5.74, 6) is -0.269. The number of carboxylic acids is 1. The second-order valence-electron chi connectivity index (χ2n) is 9.65. The largest absolute Gasteiger partial charge is 0.482 e. The number of pyridine rings is 1. The minimum absolute atomic E-state index is 0.0469. The summed E-state index contributed by atoms with van der Waals surface area (Å²) in [6.45, 7) is 2.54. The van der Waals surface area contributed by atoms with Crippen molar-refractivity contribution in [3.8, 4) is 11.6 Å². The summed E-state index contributed by atoms with van der Waals surface area (Å²) < 4.78 is 10.7. The van der Waals surface area contributed by atoms with Crippen molar-refractivity contribution in [2.75, 3.05) is 44.0 Å². The quantitative estimate of drug-likeness (QED) is 0.377. The monoisotopic (exact) mass is 530 g/mol. The topological polar surface area (TPSA) is 130 Å². The minimum Gasteiger partial charge on any atom is -0.482 e. The molecule has 2 amide bonds. The summed E-state index contributed by atoms with van der Waals surface area (Å²) in [5.41, 5.74) is 3.62. The summed E-state index contributed by atoms with van der Waals surface area (Å²) in [5, 5.41) is 15.6. The Morgan fingerprint density at radius 3 is 2.79 bits per heavy atom. The molecule has 0 spiro atoms. The van der Waals surface area contributed by atoms with E-state index in [-0.39, 0.29) is 24.3 Å². The SMILES string of the molecule is COc1ccc2c(/C=C/C(=O)O)ccc(NC(=O)C3CCN(CCc4ccc5c(c4)NC(=O)CO5)CC3)c2n1. The van der Waals surface area contributed by atoms with Gasteiger partial charge in [0.2, 0.25) is 11.8 Å². The molecule has 2 aliphatic rings. The van der Waals surface area contributed by atoms with Crippen LogP contribution in [0.1, 0.15) is 24.0 Å². The molecule has 0 unspecified atom stereocenters. The Morgan fingerprint density at radius 1 is 1.21 bits per heavy atom. The first kappa shape index (κ1) is 26.2. The van der Waals surface area contributed by atoms with E-state index in [1.54, 1.807) is 24.3 Å². The van der Waals surface area contributed by atoms with Crippen LogP contribution >= 0.6 is 0 Å². The number of carbonyl (C=O) groups excluding carboxylic acids is 2. The predicted molar refractivity (Wildman–Crippen MR) is 147 cm³/mol. The fourth-order valence-electron chi connectivity index (χ4n) is 4.97.